The largest absolute Gasteiger partial charge is 0.459 e. The van der Waals surface area contributed by atoms with Crippen molar-refractivity contribution in [1.82, 2.24) is 0 Å². The third kappa shape index (κ3) is 3.25. The topological polar surface area (TPSA) is 46.5 Å². The van der Waals surface area contributed by atoms with E-state index in [0.717, 1.165) is 13.3 Å². The van der Waals surface area contributed by atoms with Crippen molar-refractivity contribution in [3.05, 3.63) is 12.2 Å². The van der Waals surface area contributed by atoms with Gasteiger partial charge in [-0.1, -0.05) is 6.58 Å². The molecule has 2 bridgehead atoms. The summed E-state index contributed by atoms with van der Waals surface area (Å²) < 4.78 is 43.5. The van der Waals surface area contributed by atoms with E-state index in [-0.39, 0.29) is 30.3 Å². The van der Waals surface area contributed by atoms with Crippen molar-refractivity contribution < 1.29 is 27.8 Å². The Morgan fingerprint density at radius 3 is 2.33 bits per heavy atom. The zero-order chi connectivity index (χ0) is 16.0. The molecule has 5 atom stereocenters. The molecule has 0 aromatic carbocycles. The van der Waals surface area contributed by atoms with Crippen molar-refractivity contribution in [2.24, 2.45) is 17.8 Å². The van der Waals surface area contributed by atoms with E-state index in [9.17, 15) is 23.1 Å². The summed E-state index contributed by atoms with van der Waals surface area (Å²) in [6.07, 6.45) is -3.18. The van der Waals surface area contributed by atoms with Gasteiger partial charge in [0.1, 0.15) is 6.10 Å². The molecular formula is C15H21F3O3. The first-order valence-corrected chi connectivity index (χ1v) is 7.17. The average molecular weight is 306 g/mol. The number of aliphatic hydroxyl groups is 1. The van der Waals surface area contributed by atoms with Gasteiger partial charge in [0.25, 0.3) is 0 Å². The van der Waals surface area contributed by atoms with Crippen LogP contribution in [0.15, 0.2) is 12.2 Å². The number of rotatable bonds is 4. The maximum Gasteiger partial charge on any atom is 0.416 e. The molecule has 2 saturated carbocycles. The number of hydrogen-bond acceptors (Lipinski definition) is 3. The standard InChI is InChI=1S/C15H21F3O3/c1-8(2)13(19)21-12-6-9-4-10(12)5-11(9)7-14(3,20)15(16,17)18/h9-12,20H,1,4-7H2,2-3H3. The fourth-order valence-corrected chi connectivity index (χ4v) is 3.60. The summed E-state index contributed by atoms with van der Waals surface area (Å²) in [5, 5.41) is 9.60. The maximum absolute atomic E-state index is 12.7. The molecule has 0 spiro atoms. The van der Waals surface area contributed by atoms with Crippen molar-refractivity contribution in [3.63, 3.8) is 0 Å². The molecular weight excluding hydrogens is 285 g/mol. The lowest BCUT2D eigenvalue weighted by atomic mass is 9.80. The van der Waals surface area contributed by atoms with Crippen LogP contribution in [-0.4, -0.2) is 29.0 Å². The number of fused-ring (bicyclic) bond motifs is 2. The van der Waals surface area contributed by atoms with Gasteiger partial charge in [0.2, 0.25) is 0 Å². The van der Waals surface area contributed by atoms with Crippen molar-refractivity contribution in [2.75, 3.05) is 0 Å². The van der Waals surface area contributed by atoms with Crippen molar-refractivity contribution in [2.45, 2.75) is 57.4 Å². The Kier molecular flexibility index (Phi) is 4.12. The molecule has 0 aliphatic heterocycles. The molecule has 2 rings (SSSR count). The molecule has 2 fully saturated rings. The highest BCUT2D eigenvalue weighted by Crippen LogP contribution is 2.53. The Morgan fingerprint density at radius 1 is 1.29 bits per heavy atom. The van der Waals surface area contributed by atoms with Crippen LogP contribution in [0.2, 0.25) is 0 Å². The molecule has 1 N–H and O–H groups in total. The number of esters is 1. The molecule has 0 aromatic heterocycles. The van der Waals surface area contributed by atoms with Gasteiger partial charge in [-0.2, -0.15) is 13.2 Å². The van der Waals surface area contributed by atoms with Crippen LogP contribution in [-0.2, 0) is 9.53 Å². The van der Waals surface area contributed by atoms with Gasteiger partial charge in [-0.25, -0.2) is 4.79 Å². The predicted octanol–water partition coefficient (Wildman–Crippen LogP) is 3.22. The maximum atomic E-state index is 12.7. The molecule has 0 aromatic rings. The van der Waals surface area contributed by atoms with Gasteiger partial charge in [-0.3, -0.25) is 0 Å². The Morgan fingerprint density at radius 2 is 1.90 bits per heavy atom. The lowest BCUT2D eigenvalue weighted by Gasteiger charge is -2.34. The third-order valence-corrected chi connectivity index (χ3v) is 4.82. The first-order chi connectivity index (χ1) is 9.51. The van der Waals surface area contributed by atoms with E-state index in [4.69, 9.17) is 4.74 Å². The molecule has 5 unspecified atom stereocenters. The zero-order valence-electron chi connectivity index (χ0n) is 12.2. The summed E-state index contributed by atoms with van der Waals surface area (Å²) in [6, 6.07) is 0. The Labute approximate surface area is 122 Å². The van der Waals surface area contributed by atoms with Crippen LogP contribution in [0.5, 0.6) is 0 Å². The zero-order valence-corrected chi connectivity index (χ0v) is 12.2. The van der Waals surface area contributed by atoms with E-state index in [1.807, 2.05) is 0 Å². The minimum atomic E-state index is -4.61. The molecule has 2 aliphatic rings. The monoisotopic (exact) mass is 306 g/mol. The molecule has 120 valence electrons. The van der Waals surface area contributed by atoms with Crippen LogP contribution in [0.1, 0.15) is 39.5 Å². The lowest BCUT2D eigenvalue weighted by Crippen LogP contribution is -2.44. The van der Waals surface area contributed by atoms with E-state index in [1.54, 1.807) is 6.92 Å². The van der Waals surface area contributed by atoms with Gasteiger partial charge in [0.15, 0.2) is 5.60 Å². The normalized spacial score (nSPS) is 34.6. The fraction of sp³-hybridized carbons (Fsp3) is 0.800. The quantitative estimate of drug-likeness (QED) is 0.641. The number of carbonyl (C=O) groups is 1. The summed E-state index contributed by atoms with van der Waals surface area (Å²) in [5.41, 5.74) is -2.32. The van der Waals surface area contributed by atoms with E-state index in [0.29, 0.717) is 18.4 Å². The molecule has 0 saturated heterocycles. The van der Waals surface area contributed by atoms with Gasteiger partial charge >= 0.3 is 12.1 Å². The highest BCUT2D eigenvalue weighted by Gasteiger charge is 2.55. The average Bonchev–Trinajstić information content (AvgIpc) is 2.86. The third-order valence-electron chi connectivity index (χ3n) is 4.82. The predicted molar refractivity (Wildman–Crippen MR) is 70.3 cm³/mol. The second-order valence-corrected chi connectivity index (χ2v) is 6.69. The minimum Gasteiger partial charge on any atom is -0.459 e. The molecule has 3 nitrogen and oxygen atoms in total. The first-order valence-electron chi connectivity index (χ1n) is 7.17. The SMILES string of the molecule is C=C(C)C(=O)OC1CC2CC1CC2CC(C)(O)C(F)(F)F. The fourth-order valence-electron chi connectivity index (χ4n) is 3.60. The van der Waals surface area contributed by atoms with Gasteiger partial charge in [-0.05, 0) is 57.3 Å². The Bertz CT molecular complexity index is 442. The smallest absolute Gasteiger partial charge is 0.416 e. The van der Waals surface area contributed by atoms with Crippen LogP contribution < -0.4 is 0 Å². The second kappa shape index (κ2) is 5.30. The summed E-state index contributed by atoms with van der Waals surface area (Å²) in [5.74, 6) is -0.406. The number of ether oxygens (including phenoxy) is 1. The van der Waals surface area contributed by atoms with Crippen molar-refractivity contribution in [3.8, 4) is 0 Å². The summed E-state index contributed by atoms with van der Waals surface area (Å²) in [4.78, 5) is 11.5. The minimum absolute atomic E-state index is 0.0896. The van der Waals surface area contributed by atoms with Crippen LogP contribution in [0.3, 0.4) is 0 Å². The summed E-state index contributed by atoms with van der Waals surface area (Å²) >= 11 is 0. The molecule has 2 aliphatic carbocycles. The van der Waals surface area contributed by atoms with Crippen molar-refractivity contribution >= 4 is 5.97 Å². The number of alkyl halides is 3. The highest BCUT2D eigenvalue weighted by molar-refractivity contribution is 5.87. The number of halogens is 3. The van der Waals surface area contributed by atoms with Crippen LogP contribution in [0.25, 0.3) is 0 Å². The van der Waals surface area contributed by atoms with Gasteiger partial charge < -0.3 is 9.84 Å². The van der Waals surface area contributed by atoms with Gasteiger partial charge in [0, 0.05) is 5.57 Å². The lowest BCUT2D eigenvalue weighted by molar-refractivity contribution is -0.259. The molecule has 0 amide bonds. The van der Waals surface area contributed by atoms with Gasteiger partial charge in [0.05, 0.1) is 0 Å². The van der Waals surface area contributed by atoms with E-state index in [1.165, 1.54) is 0 Å². The molecule has 0 radical (unpaired) electrons. The molecule has 21 heavy (non-hydrogen) atoms. The highest BCUT2D eigenvalue weighted by atomic mass is 19.4. The Balaban J connectivity index is 1.92. The second-order valence-electron chi connectivity index (χ2n) is 6.69. The van der Waals surface area contributed by atoms with Crippen molar-refractivity contribution in [1.29, 1.82) is 0 Å². The van der Waals surface area contributed by atoms with E-state index < -0.39 is 17.7 Å². The number of hydrogen-bond donors (Lipinski definition) is 1. The van der Waals surface area contributed by atoms with Crippen LogP contribution in [0, 0.1) is 17.8 Å². The van der Waals surface area contributed by atoms with E-state index in [2.05, 4.69) is 6.58 Å². The molecule has 6 heteroatoms. The molecule has 0 heterocycles. The van der Waals surface area contributed by atoms with E-state index >= 15 is 0 Å². The summed E-state index contributed by atoms with van der Waals surface area (Å²) in [7, 11) is 0. The van der Waals surface area contributed by atoms with Gasteiger partial charge in [-0.15, -0.1) is 0 Å². The summed E-state index contributed by atoms with van der Waals surface area (Å²) in [6.45, 7) is 5.92. The van der Waals surface area contributed by atoms with Crippen LogP contribution in [0.4, 0.5) is 13.2 Å². The van der Waals surface area contributed by atoms with Crippen LogP contribution >= 0.6 is 0 Å². The first kappa shape index (κ1) is 16.3. The number of carbonyl (C=O) groups excluding carboxylic acids is 1. The Hall–Kier alpha value is -1.04.